The first kappa shape index (κ1) is 29.9. The van der Waals surface area contributed by atoms with Gasteiger partial charge in [0.2, 0.25) is 5.75 Å². The number of carbonyl (C=O) groups excluding carboxylic acids is 1. The summed E-state index contributed by atoms with van der Waals surface area (Å²) in [5, 5.41) is 0. The number of rotatable bonds is 13. The highest BCUT2D eigenvalue weighted by Gasteiger charge is 2.34. The van der Waals surface area contributed by atoms with Crippen molar-refractivity contribution < 1.29 is 33.2 Å². The van der Waals surface area contributed by atoms with Gasteiger partial charge in [-0.15, -0.1) is 0 Å². The van der Waals surface area contributed by atoms with Gasteiger partial charge in [-0.2, -0.15) is 0 Å². The van der Waals surface area contributed by atoms with Crippen LogP contribution in [0.25, 0.3) is 0 Å². The fraction of sp³-hybridized carbons (Fsp3) is 0.424. The normalized spacial score (nSPS) is 14.2. The van der Waals surface area contributed by atoms with Gasteiger partial charge in [0, 0.05) is 12.1 Å². The largest absolute Gasteiger partial charge is 0.493 e. The number of hydrogen-bond acceptors (Lipinski definition) is 7. The lowest BCUT2D eigenvalue weighted by molar-refractivity contribution is 0.0588. The van der Waals surface area contributed by atoms with E-state index in [9.17, 15) is 4.79 Å². The van der Waals surface area contributed by atoms with Crippen LogP contribution in [-0.2, 0) is 12.8 Å². The molecule has 0 spiro atoms. The molecule has 8 nitrogen and oxygen atoms in total. The molecule has 1 aliphatic rings. The third-order valence-corrected chi connectivity index (χ3v) is 7.16. The van der Waals surface area contributed by atoms with E-state index in [1.54, 1.807) is 26.4 Å². The maximum Gasteiger partial charge on any atom is 0.254 e. The summed E-state index contributed by atoms with van der Waals surface area (Å²) in [6, 6.07) is 15.1. The predicted molar refractivity (Wildman–Crippen MR) is 158 cm³/mol. The maximum atomic E-state index is 14.2. The second-order valence-corrected chi connectivity index (χ2v) is 9.58. The van der Waals surface area contributed by atoms with Crippen molar-refractivity contribution in [2.24, 2.45) is 0 Å². The lowest BCUT2D eigenvalue weighted by Gasteiger charge is -2.38. The standard InChI is InChI=1S/C33H41NO7/c1-7-22-11-13-25(14-12-22)41-21-27-26-20-29(37-6)28(36-5)17-23(26)15-16-34(27)33(35)24-18-30(38-8-2)32(40-10-4)31(19-24)39-9-3/h11-14,17-20,27H,7-10,15-16,21H2,1-6H3. The fourth-order valence-electron chi connectivity index (χ4n) is 5.13. The van der Waals surface area contributed by atoms with Gasteiger partial charge in [0.05, 0.1) is 40.1 Å². The predicted octanol–water partition coefficient (Wildman–Crippen LogP) is 6.28. The topological polar surface area (TPSA) is 75.7 Å². The molecule has 4 rings (SSSR count). The summed E-state index contributed by atoms with van der Waals surface area (Å²) >= 11 is 0. The number of amides is 1. The van der Waals surface area contributed by atoms with E-state index in [1.165, 1.54) is 5.56 Å². The molecule has 0 fully saturated rings. The Morgan fingerprint density at radius 2 is 1.39 bits per heavy atom. The Labute approximate surface area is 243 Å². The number of hydrogen-bond donors (Lipinski definition) is 0. The third-order valence-electron chi connectivity index (χ3n) is 7.16. The quantitative estimate of drug-likeness (QED) is 0.242. The molecular weight excluding hydrogens is 522 g/mol. The zero-order chi connectivity index (χ0) is 29.4. The van der Waals surface area contributed by atoms with Crippen molar-refractivity contribution in [3.63, 3.8) is 0 Å². The Kier molecular flexibility index (Phi) is 10.2. The molecule has 41 heavy (non-hydrogen) atoms. The number of methoxy groups -OCH3 is 2. The van der Waals surface area contributed by atoms with Crippen molar-refractivity contribution in [3.8, 4) is 34.5 Å². The molecular formula is C33H41NO7. The van der Waals surface area contributed by atoms with Crippen LogP contribution < -0.4 is 28.4 Å². The van der Waals surface area contributed by atoms with Crippen LogP contribution in [0.2, 0.25) is 0 Å². The maximum absolute atomic E-state index is 14.2. The molecule has 1 unspecified atom stereocenters. The van der Waals surface area contributed by atoms with Crippen LogP contribution in [-0.4, -0.2) is 58.0 Å². The van der Waals surface area contributed by atoms with Crippen LogP contribution in [0.5, 0.6) is 34.5 Å². The molecule has 0 bridgehead atoms. The lowest BCUT2D eigenvalue weighted by Crippen LogP contribution is -2.42. The Balaban J connectivity index is 1.74. The summed E-state index contributed by atoms with van der Waals surface area (Å²) in [6.07, 6.45) is 1.62. The first-order valence-corrected chi connectivity index (χ1v) is 14.3. The van der Waals surface area contributed by atoms with E-state index in [0.717, 1.165) is 23.3 Å². The van der Waals surface area contributed by atoms with Gasteiger partial charge in [-0.1, -0.05) is 19.1 Å². The molecule has 0 aliphatic carbocycles. The third kappa shape index (κ3) is 6.64. The average Bonchev–Trinajstić information content (AvgIpc) is 3.00. The monoisotopic (exact) mass is 563 g/mol. The van der Waals surface area contributed by atoms with Gasteiger partial charge in [0.25, 0.3) is 5.91 Å². The van der Waals surface area contributed by atoms with E-state index in [-0.39, 0.29) is 18.6 Å². The van der Waals surface area contributed by atoms with Crippen molar-refractivity contribution in [1.82, 2.24) is 4.90 Å². The summed E-state index contributed by atoms with van der Waals surface area (Å²) in [7, 11) is 3.24. The van der Waals surface area contributed by atoms with Crippen molar-refractivity contribution in [2.75, 3.05) is 47.2 Å². The van der Waals surface area contributed by atoms with Crippen molar-refractivity contribution in [3.05, 3.63) is 70.8 Å². The molecule has 3 aromatic rings. The van der Waals surface area contributed by atoms with Gasteiger partial charge in [-0.25, -0.2) is 0 Å². The first-order valence-electron chi connectivity index (χ1n) is 14.3. The van der Waals surface area contributed by atoms with E-state index < -0.39 is 0 Å². The zero-order valence-corrected chi connectivity index (χ0v) is 25.0. The Bertz CT molecular complexity index is 1290. The molecule has 8 heteroatoms. The number of carbonyl (C=O) groups is 1. The van der Waals surface area contributed by atoms with Crippen LogP contribution in [0.3, 0.4) is 0 Å². The highest BCUT2D eigenvalue weighted by atomic mass is 16.5. The van der Waals surface area contributed by atoms with Crippen LogP contribution in [0.1, 0.15) is 60.8 Å². The molecule has 1 atom stereocenters. The number of nitrogens with zero attached hydrogens (tertiary/aromatic N) is 1. The molecule has 0 N–H and O–H groups in total. The molecule has 0 radical (unpaired) electrons. The highest BCUT2D eigenvalue weighted by Crippen LogP contribution is 2.42. The van der Waals surface area contributed by atoms with E-state index in [2.05, 4.69) is 19.1 Å². The smallest absolute Gasteiger partial charge is 0.254 e. The van der Waals surface area contributed by atoms with Crippen molar-refractivity contribution in [2.45, 2.75) is 46.6 Å². The lowest BCUT2D eigenvalue weighted by atomic mass is 9.91. The molecule has 0 aromatic heterocycles. The number of benzene rings is 3. The Morgan fingerprint density at radius 3 is 1.95 bits per heavy atom. The van der Waals surface area contributed by atoms with Gasteiger partial charge in [-0.3, -0.25) is 4.79 Å². The van der Waals surface area contributed by atoms with Crippen LogP contribution in [0, 0.1) is 0 Å². The van der Waals surface area contributed by atoms with Gasteiger partial charge in [-0.05, 0) is 86.7 Å². The van der Waals surface area contributed by atoms with E-state index >= 15 is 0 Å². The molecule has 0 saturated heterocycles. The first-order chi connectivity index (χ1) is 20.0. The van der Waals surface area contributed by atoms with Gasteiger partial charge in [0.15, 0.2) is 23.0 Å². The minimum Gasteiger partial charge on any atom is -0.493 e. The van der Waals surface area contributed by atoms with Crippen LogP contribution in [0.4, 0.5) is 0 Å². The fourth-order valence-corrected chi connectivity index (χ4v) is 5.13. The summed E-state index contributed by atoms with van der Waals surface area (Å²) in [5.74, 6) is 3.34. The zero-order valence-electron chi connectivity index (χ0n) is 25.0. The second-order valence-electron chi connectivity index (χ2n) is 9.58. The SMILES string of the molecule is CCOc1cc(C(=O)N2CCc3cc(OC)c(OC)cc3C2COc2ccc(CC)cc2)cc(OCC)c1OCC. The van der Waals surface area contributed by atoms with E-state index in [0.29, 0.717) is 67.1 Å². The minimum atomic E-state index is -0.366. The van der Waals surface area contributed by atoms with Gasteiger partial charge < -0.3 is 33.3 Å². The molecule has 3 aromatic carbocycles. The van der Waals surface area contributed by atoms with Gasteiger partial charge >= 0.3 is 0 Å². The summed E-state index contributed by atoms with van der Waals surface area (Å²) in [5.41, 5.74) is 3.76. The summed E-state index contributed by atoms with van der Waals surface area (Å²) in [6.45, 7) is 9.89. The number of ether oxygens (including phenoxy) is 6. The average molecular weight is 564 g/mol. The number of aryl methyl sites for hydroxylation is 1. The molecule has 1 aliphatic heterocycles. The van der Waals surface area contributed by atoms with Crippen molar-refractivity contribution in [1.29, 1.82) is 0 Å². The van der Waals surface area contributed by atoms with Crippen LogP contribution >= 0.6 is 0 Å². The number of fused-ring (bicyclic) bond motifs is 1. The Hall–Kier alpha value is -4.07. The molecule has 220 valence electrons. The Morgan fingerprint density at radius 1 is 0.780 bits per heavy atom. The van der Waals surface area contributed by atoms with Crippen LogP contribution in [0.15, 0.2) is 48.5 Å². The summed E-state index contributed by atoms with van der Waals surface area (Å²) < 4.78 is 35.1. The summed E-state index contributed by atoms with van der Waals surface area (Å²) in [4.78, 5) is 16.1. The molecule has 1 amide bonds. The minimum absolute atomic E-state index is 0.148. The van der Waals surface area contributed by atoms with E-state index in [1.807, 2.05) is 49.9 Å². The van der Waals surface area contributed by atoms with Gasteiger partial charge in [0.1, 0.15) is 12.4 Å². The van der Waals surface area contributed by atoms with E-state index in [4.69, 9.17) is 28.4 Å². The second kappa shape index (κ2) is 14.0. The molecule has 0 saturated carbocycles. The van der Waals surface area contributed by atoms with Crippen molar-refractivity contribution >= 4 is 5.91 Å². The highest BCUT2D eigenvalue weighted by molar-refractivity contribution is 5.96. The molecule has 1 heterocycles.